The first-order valence-electron chi connectivity index (χ1n) is 6.71. The number of aliphatic hydroxyl groups is 1. The number of methoxy groups -OCH3 is 1. The van der Waals surface area contributed by atoms with Crippen LogP contribution in [0, 0.1) is 0 Å². The molecule has 0 fully saturated rings. The van der Waals surface area contributed by atoms with Gasteiger partial charge in [0.25, 0.3) is 0 Å². The molecule has 1 atom stereocenters. The van der Waals surface area contributed by atoms with Gasteiger partial charge in [-0.2, -0.15) is 10.2 Å². The molecule has 0 aliphatic heterocycles. The molecule has 2 rings (SSSR count). The Morgan fingerprint density at radius 3 is 2.71 bits per heavy atom. The highest BCUT2D eigenvalue weighted by Crippen LogP contribution is 2.25. The first kappa shape index (κ1) is 15.2. The van der Waals surface area contributed by atoms with Crippen LogP contribution in [0.15, 0.2) is 42.6 Å². The van der Waals surface area contributed by atoms with Crippen LogP contribution >= 0.6 is 0 Å². The predicted molar refractivity (Wildman–Crippen MR) is 78.2 cm³/mol. The number of hydrogen-bond acceptors (Lipinski definition) is 6. The highest BCUT2D eigenvalue weighted by molar-refractivity contribution is 5.39. The van der Waals surface area contributed by atoms with Crippen molar-refractivity contribution < 1.29 is 14.6 Å². The number of ether oxygens (including phenoxy) is 2. The van der Waals surface area contributed by atoms with E-state index in [0.29, 0.717) is 24.6 Å². The van der Waals surface area contributed by atoms with E-state index in [2.05, 4.69) is 15.5 Å². The Labute approximate surface area is 123 Å². The van der Waals surface area contributed by atoms with Crippen LogP contribution < -0.4 is 14.8 Å². The van der Waals surface area contributed by atoms with E-state index < -0.39 is 6.10 Å². The van der Waals surface area contributed by atoms with Gasteiger partial charge in [-0.05, 0) is 24.3 Å². The maximum absolute atomic E-state index is 9.89. The molecule has 0 saturated carbocycles. The lowest BCUT2D eigenvalue weighted by molar-refractivity contribution is 0.104. The van der Waals surface area contributed by atoms with Gasteiger partial charge < -0.3 is 19.9 Å². The Morgan fingerprint density at radius 1 is 1.19 bits per heavy atom. The summed E-state index contributed by atoms with van der Waals surface area (Å²) < 4.78 is 10.7. The summed E-state index contributed by atoms with van der Waals surface area (Å²) in [5.41, 5.74) is 0.829. The number of para-hydroxylation sites is 2. The summed E-state index contributed by atoms with van der Waals surface area (Å²) in [6.07, 6.45) is 1.01. The average molecular weight is 289 g/mol. The van der Waals surface area contributed by atoms with E-state index in [-0.39, 0.29) is 6.61 Å². The second kappa shape index (κ2) is 8.18. The van der Waals surface area contributed by atoms with Gasteiger partial charge in [0, 0.05) is 19.3 Å². The van der Waals surface area contributed by atoms with Gasteiger partial charge in [-0.3, -0.25) is 0 Å². The highest BCUT2D eigenvalue weighted by Gasteiger charge is 2.08. The van der Waals surface area contributed by atoms with Crippen LogP contribution in [-0.4, -0.2) is 41.7 Å². The van der Waals surface area contributed by atoms with Crippen LogP contribution in [0.2, 0.25) is 0 Å². The van der Waals surface area contributed by atoms with Crippen molar-refractivity contribution >= 4 is 0 Å². The summed E-state index contributed by atoms with van der Waals surface area (Å²) in [4.78, 5) is 0. The Bertz CT molecular complexity index is 537. The Balaban J connectivity index is 1.71. The molecule has 1 unspecified atom stereocenters. The van der Waals surface area contributed by atoms with Crippen LogP contribution in [0.25, 0.3) is 0 Å². The number of aromatic nitrogens is 2. The van der Waals surface area contributed by atoms with Gasteiger partial charge in [0.1, 0.15) is 12.7 Å². The molecule has 1 aromatic heterocycles. The molecular weight excluding hydrogens is 270 g/mol. The standard InChI is InChI=1S/C15H19N3O3/c1-20-14-6-2-3-7-15(14)21-11-13(19)10-16-9-12-5-4-8-17-18-12/h2-8,13,16,19H,9-11H2,1H3. The van der Waals surface area contributed by atoms with Crippen LogP contribution in [-0.2, 0) is 6.54 Å². The third-order valence-corrected chi connectivity index (χ3v) is 2.81. The van der Waals surface area contributed by atoms with E-state index in [4.69, 9.17) is 9.47 Å². The molecule has 0 amide bonds. The van der Waals surface area contributed by atoms with E-state index in [1.165, 1.54) is 0 Å². The number of rotatable bonds is 8. The summed E-state index contributed by atoms with van der Waals surface area (Å²) in [6, 6.07) is 11.0. The largest absolute Gasteiger partial charge is 0.493 e. The van der Waals surface area contributed by atoms with Crippen molar-refractivity contribution in [2.45, 2.75) is 12.6 Å². The van der Waals surface area contributed by atoms with Gasteiger partial charge in [-0.15, -0.1) is 0 Å². The topological polar surface area (TPSA) is 76.5 Å². The smallest absolute Gasteiger partial charge is 0.161 e. The van der Waals surface area contributed by atoms with E-state index in [1.807, 2.05) is 30.3 Å². The summed E-state index contributed by atoms with van der Waals surface area (Å²) in [6.45, 7) is 1.15. The molecule has 21 heavy (non-hydrogen) atoms. The van der Waals surface area contributed by atoms with Crippen molar-refractivity contribution in [2.24, 2.45) is 0 Å². The third-order valence-electron chi connectivity index (χ3n) is 2.81. The molecule has 0 spiro atoms. The minimum absolute atomic E-state index is 0.188. The van der Waals surface area contributed by atoms with Crippen LogP contribution in [0.4, 0.5) is 0 Å². The molecule has 6 nitrogen and oxygen atoms in total. The maximum Gasteiger partial charge on any atom is 0.161 e. The lowest BCUT2D eigenvalue weighted by Crippen LogP contribution is -2.31. The minimum atomic E-state index is -0.619. The summed E-state index contributed by atoms with van der Waals surface area (Å²) in [7, 11) is 1.58. The number of nitrogens with zero attached hydrogens (tertiary/aromatic N) is 2. The minimum Gasteiger partial charge on any atom is -0.493 e. The first-order chi connectivity index (χ1) is 10.3. The van der Waals surface area contributed by atoms with Crippen molar-refractivity contribution in [3.05, 3.63) is 48.3 Å². The van der Waals surface area contributed by atoms with Gasteiger partial charge in [-0.1, -0.05) is 12.1 Å². The zero-order valence-electron chi connectivity index (χ0n) is 11.9. The maximum atomic E-state index is 9.89. The second-order valence-electron chi connectivity index (χ2n) is 4.46. The van der Waals surface area contributed by atoms with Crippen molar-refractivity contribution in [3.63, 3.8) is 0 Å². The molecule has 1 aromatic carbocycles. The van der Waals surface area contributed by atoms with Gasteiger partial charge in [0.05, 0.1) is 12.8 Å². The van der Waals surface area contributed by atoms with Crippen molar-refractivity contribution in [3.8, 4) is 11.5 Å². The van der Waals surface area contributed by atoms with E-state index in [0.717, 1.165) is 5.69 Å². The fourth-order valence-corrected chi connectivity index (χ4v) is 1.78. The second-order valence-corrected chi connectivity index (χ2v) is 4.46. The number of nitrogens with one attached hydrogen (secondary N) is 1. The zero-order chi connectivity index (χ0) is 14.9. The molecule has 0 aliphatic carbocycles. The van der Waals surface area contributed by atoms with Crippen LogP contribution in [0.1, 0.15) is 5.69 Å². The highest BCUT2D eigenvalue weighted by atomic mass is 16.5. The zero-order valence-corrected chi connectivity index (χ0v) is 11.9. The molecule has 0 saturated heterocycles. The molecule has 2 N–H and O–H groups in total. The number of benzene rings is 1. The normalized spacial score (nSPS) is 11.9. The van der Waals surface area contributed by atoms with Crippen molar-refractivity contribution in [1.29, 1.82) is 0 Å². The first-order valence-corrected chi connectivity index (χ1v) is 6.71. The van der Waals surface area contributed by atoms with Gasteiger partial charge >= 0.3 is 0 Å². The van der Waals surface area contributed by atoms with Crippen LogP contribution in [0.3, 0.4) is 0 Å². The molecule has 112 valence electrons. The quantitative estimate of drug-likeness (QED) is 0.755. The van der Waals surface area contributed by atoms with Crippen molar-refractivity contribution in [2.75, 3.05) is 20.3 Å². The van der Waals surface area contributed by atoms with E-state index in [9.17, 15) is 5.11 Å². The predicted octanol–water partition coefficient (Wildman–Crippen LogP) is 1.01. The summed E-state index contributed by atoms with van der Waals surface area (Å²) >= 11 is 0. The Kier molecular flexibility index (Phi) is 5.93. The third kappa shape index (κ3) is 5.02. The molecule has 1 heterocycles. The Morgan fingerprint density at radius 2 is 2.00 bits per heavy atom. The Hall–Kier alpha value is -2.18. The molecule has 0 radical (unpaired) electrons. The SMILES string of the molecule is COc1ccccc1OCC(O)CNCc1cccnn1. The molecule has 0 bridgehead atoms. The monoisotopic (exact) mass is 289 g/mol. The summed E-state index contributed by atoms with van der Waals surface area (Å²) in [5, 5.41) is 20.7. The van der Waals surface area contributed by atoms with Crippen LogP contribution in [0.5, 0.6) is 11.5 Å². The molecule has 6 heteroatoms. The van der Waals surface area contributed by atoms with Gasteiger partial charge in [-0.25, -0.2) is 0 Å². The number of aliphatic hydroxyl groups excluding tert-OH is 1. The van der Waals surface area contributed by atoms with Gasteiger partial charge in [0.2, 0.25) is 0 Å². The van der Waals surface area contributed by atoms with E-state index >= 15 is 0 Å². The molecular formula is C15H19N3O3. The fourth-order valence-electron chi connectivity index (χ4n) is 1.78. The fraction of sp³-hybridized carbons (Fsp3) is 0.333. The lowest BCUT2D eigenvalue weighted by Gasteiger charge is -2.14. The lowest BCUT2D eigenvalue weighted by atomic mass is 10.3. The average Bonchev–Trinajstić information content (AvgIpc) is 2.54. The van der Waals surface area contributed by atoms with E-state index in [1.54, 1.807) is 19.4 Å². The number of hydrogen-bond donors (Lipinski definition) is 2. The summed E-state index contributed by atoms with van der Waals surface area (Å²) in [5.74, 6) is 1.27. The van der Waals surface area contributed by atoms with Gasteiger partial charge in [0.15, 0.2) is 11.5 Å². The molecule has 0 aliphatic rings. The molecule has 2 aromatic rings. The van der Waals surface area contributed by atoms with Crippen molar-refractivity contribution in [1.82, 2.24) is 15.5 Å².